The van der Waals surface area contributed by atoms with Gasteiger partial charge in [0.25, 0.3) is 0 Å². The van der Waals surface area contributed by atoms with Crippen molar-refractivity contribution in [3.63, 3.8) is 0 Å². The van der Waals surface area contributed by atoms with E-state index in [0.29, 0.717) is 30.0 Å². The number of benzene rings is 1. The number of pyridine rings is 1. The van der Waals surface area contributed by atoms with Gasteiger partial charge in [-0.1, -0.05) is 12.1 Å². The van der Waals surface area contributed by atoms with Crippen molar-refractivity contribution in [2.45, 2.75) is 32.2 Å². The van der Waals surface area contributed by atoms with Gasteiger partial charge < -0.3 is 19.4 Å². The fourth-order valence-electron chi connectivity index (χ4n) is 3.74. The van der Waals surface area contributed by atoms with Crippen LogP contribution in [-0.4, -0.2) is 46.5 Å². The molecule has 0 unspecified atom stereocenters. The fourth-order valence-corrected chi connectivity index (χ4v) is 3.74. The van der Waals surface area contributed by atoms with Gasteiger partial charge in [-0.3, -0.25) is 4.79 Å². The molecule has 2 atom stereocenters. The summed E-state index contributed by atoms with van der Waals surface area (Å²) in [5.74, 6) is 0.656. The molecule has 3 aromatic rings. The minimum Gasteiger partial charge on any atom is -0.436 e. The lowest BCUT2D eigenvalue weighted by atomic mass is 10.1. The van der Waals surface area contributed by atoms with E-state index >= 15 is 0 Å². The van der Waals surface area contributed by atoms with Crippen LogP contribution in [0.2, 0.25) is 0 Å². The van der Waals surface area contributed by atoms with Crippen LogP contribution in [0.4, 0.5) is 4.79 Å². The first-order valence-electron chi connectivity index (χ1n) is 10.1. The van der Waals surface area contributed by atoms with Gasteiger partial charge in [0.15, 0.2) is 5.58 Å². The zero-order valence-electron chi connectivity index (χ0n) is 17.0. The van der Waals surface area contributed by atoms with Crippen LogP contribution in [0.3, 0.4) is 0 Å². The summed E-state index contributed by atoms with van der Waals surface area (Å²) in [6.07, 6.45) is 3.26. The molecule has 0 spiro atoms. The summed E-state index contributed by atoms with van der Waals surface area (Å²) in [5, 5.41) is 2.85. The lowest BCUT2D eigenvalue weighted by molar-refractivity contribution is -0.124. The predicted octanol–water partition coefficient (Wildman–Crippen LogP) is 3.63. The Morgan fingerprint density at radius 1 is 1.23 bits per heavy atom. The van der Waals surface area contributed by atoms with Gasteiger partial charge >= 0.3 is 6.09 Å². The SMILES string of the molecule is CCNC(=O)[C@H]1CC[C@@H](N(C)C(=O)Oc2ccc(-c3nc4ccccc4o3)cn2)C1. The molecular formula is C22H24N4O4. The maximum Gasteiger partial charge on any atom is 0.416 e. The molecule has 0 aliphatic heterocycles. The number of carbonyl (C=O) groups is 2. The van der Waals surface area contributed by atoms with Crippen LogP contribution in [0.5, 0.6) is 5.88 Å². The number of carbonyl (C=O) groups excluding carboxylic acids is 2. The van der Waals surface area contributed by atoms with Gasteiger partial charge in [0.05, 0.1) is 5.56 Å². The normalized spacial score (nSPS) is 18.3. The molecule has 2 heterocycles. The van der Waals surface area contributed by atoms with Gasteiger partial charge in [-0.2, -0.15) is 0 Å². The van der Waals surface area contributed by atoms with Crippen molar-refractivity contribution in [1.82, 2.24) is 20.2 Å². The monoisotopic (exact) mass is 408 g/mol. The average Bonchev–Trinajstić information content (AvgIpc) is 3.41. The van der Waals surface area contributed by atoms with Crippen molar-refractivity contribution in [2.75, 3.05) is 13.6 Å². The summed E-state index contributed by atoms with van der Waals surface area (Å²) in [4.78, 5) is 34.7. The van der Waals surface area contributed by atoms with E-state index in [4.69, 9.17) is 9.15 Å². The van der Waals surface area contributed by atoms with Crippen LogP contribution in [0.25, 0.3) is 22.6 Å². The minimum absolute atomic E-state index is 0.0240. The summed E-state index contributed by atoms with van der Waals surface area (Å²) in [6.45, 7) is 2.51. The molecule has 1 aromatic carbocycles. The maximum atomic E-state index is 12.5. The first kappa shape index (κ1) is 19.9. The third-order valence-corrected chi connectivity index (χ3v) is 5.43. The van der Waals surface area contributed by atoms with Crippen molar-refractivity contribution in [3.05, 3.63) is 42.6 Å². The summed E-state index contributed by atoms with van der Waals surface area (Å²) in [6, 6.07) is 10.9. The van der Waals surface area contributed by atoms with E-state index in [1.54, 1.807) is 30.3 Å². The number of rotatable bonds is 5. The number of para-hydroxylation sites is 2. The van der Waals surface area contributed by atoms with Crippen molar-refractivity contribution >= 4 is 23.1 Å². The Morgan fingerprint density at radius 2 is 2.07 bits per heavy atom. The third kappa shape index (κ3) is 4.12. The Labute approximate surface area is 174 Å². The molecule has 0 bridgehead atoms. The first-order chi connectivity index (χ1) is 14.5. The molecule has 1 aliphatic rings. The molecule has 8 nitrogen and oxygen atoms in total. The summed E-state index contributed by atoms with van der Waals surface area (Å²) >= 11 is 0. The molecule has 1 fully saturated rings. The fraction of sp³-hybridized carbons (Fsp3) is 0.364. The topological polar surface area (TPSA) is 97.6 Å². The van der Waals surface area contributed by atoms with Crippen LogP contribution in [0, 0.1) is 5.92 Å². The number of oxazole rings is 1. The van der Waals surface area contributed by atoms with E-state index in [9.17, 15) is 9.59 Å². The average molecular weight is 408 g/mol. The minimum atomic E-state index is -0.487. The molecule has 1 N–H and O–H groups in total. The first-order valence-corrected chi connectivity index (χ1v) is 10.1. The number of hydrogen-bond donors (Lipinski definition) is 1. The lowest BCUT2D eigenvalue weighted by Crippen LogP contribution is -2.38. The second-order valence-corrected chi connectivity index (χ2v) is 7.41. The molecule has 1 saturated carbocycles. The second kappa shape index (κ2) is 8.52. The number of fused-ring (bicyclic) bond motifs is 1. The van der Waals surface area contributed by atoms with Gasteiger partial charge in [0.1, 0.15) is 5.52 Å². The quantitative estimate of drug-likeness (QED) is 0.692. The number of aromatic nitrogens is 2. The van der Waals surface area contributed by atoms with Gasteiger partial charge in [0, 0.05) is 37.8 Å². The highest BCUT2D eigenvalue weighted by Crippen LogP contribution is 2.30. The summed E-state index contributed by atoms with van der Waals surface area (Å²) < 4.78 is 11.1. The smallest absolute Gasteiger partial charge is 0.416 e. The number of nitrogens with one attached hydrogen (secondary N) is 1. The third-order valence-electron chi connectivity index (χ3n) is 5.43. The molecular weight excluding hydrogens is 384 g/mol. The molecule has 2 aromatic heterocycles. The van der Waals surface area contributed by atoms with E-state index in [-0.39, 0.29) is 23.7 Å². The van der Waals surface area contributed by atoms with E-state index in [0.717, 1.165) is 18.4 Å². The zero-order valence-corrected chi connectivity index (χ0v) is 17.0. The highest BCUT2D eigenvalue weighted by Gasteiger charge is 2.34. The Bertz CT molecular complexity index is 1010. The molecule has 8 heteroatoms. The highest BCUT2D eigenvalue weighted by molar-refractivity contribution is 5.79. The van der Waals surface area contributed by atoms with Crippen LogP contribution in [0.15, 0.2) is 47.0 Å². The molecule has 4 rings (SSSR count). The Hall–Kier alpha value is -3.42. The number of ether oxygens (including phenoxy) is 1. The number of amides is 2. The Balaban J connectivity index is 1.37. The molecule has 30 heavy (non-hydrogen) atoms. The standard InChI is InChI=1S/C22H24N4O4/c1-3-23-20(27)14-8-10-16(12-14)26(2)22(28)30-19-11-9-15(13-24-19)21-25-17-6-4-5-7-18(17)29-21/h4-7,9,11,13-14,16H,3,8,10,12H2,1-2H3,(H,23,27)/t14-,16+/m0/s1. The van der Waals surface area contributed by atoms with Crippen LogP contribution in [-0.2, 0) is 4.79 Å². The zero-order chi connectivity index (χ0) is 21.1. The van der Waals surface area contributed by atoms with Crippen LogP contribution < -0.4 is 10.1 Å². The van der Waals surface area contributed by atoms with E-state index in [1.165, 1.54) is 0 Å². The number of hydrogen-bond acceptors (Lipinski definition) is 6. The molecule has 1 aliphatic carbocycles. The number of nitrogens with zero attached hydrogens (tertiary/aromatic N) is 3. The molecule has 0 radical (unpaired) electrons. The van der Waals surface area contributed by atoms with Gasteiger partial charge in [-0.25, -0.2) is 14.8 Å². The molecule has 0 saturated heterocycles. The van der Waals surface area contributed by atoms with E-state index in [1.807, 2.05) is 31.2 Å². The van der Waals surface area contributed by atoms with Gasteiger partial charge in [0.2, 0.25) is 17.7 Å². The summed E-state index contributed by atoms with van der Waals surface area (Å²) in [7, 11) is 1.69. The van der Waals surface area contributed by atoms with Crippen LogP contribution >= 0.6 is 0 Å². The van der Waals surface area contributed by atoms with Crippen molar-refractivity contribution in [3.8, 4) is 17.3 Å². The second-order valence-electron chi connectivity index (χ2n) is 7.41. The highest BCUT2D eigenvalue weighted by atomic mass is 16.6. The molecule has 2 amide bonds. The van der Waals surface area contributed by atoms with Gasteiger partial charge in [-0.05, 0) is 44.4 Å². The van der Waals surface area contributed by atoms with Crippen molar-refractivity contribution in [1.29, 1.82) is 0 Å². The Kier molecular flexibility index (Phi) is 5.65. The van der Waals surface area contributed by atoms with Crippen molar-refractivity contribution < 1.29 is 18.7 Å². The van der Waals surface area contributed by atoms with Crippen LogP contribution in [0.1, 0.15) is 26.2 Å². The van der Waals surface area contributed by atoms with E-state index in [2.05, 4.69) is 15.3 Å². The Morgan fingerprint density at radius 3 is 2.80 bits per heavy atom. The predicted molar refractivity (Wildman–Crippen MR) is 111 cm³/mol. The largest absolute Gasteiger partial charge is 0.436 e. The maximum absolute atomic E-state index is 12.5. The van der Waals surface area contributed by atoms with E-state index < -0.39 is 6.09 Å². The molecule has 156 valence electrons. The lowest BCUT2D eigenvalue weighted by Gasteiger charge is -2.23. The van der Waals surface area contributed by atoms with Gasteiger partial charge in [-0.15, -0.1) is 0 Å². The summed E-state index contributed by atoms with van der Waals surface area (Å²) in [5.41, 5.74) is 2.17. The van der Waals surface area contributed by atoms with Crippen molar-refractivity contribution in [2.24, 2.45) is 5.92 Å².